The van der Waals surface area contributed by atoms with Crippen molar-refractivity contribution in [2.45, 2.75) is 51.0 Å². The summed E-state index contributed by atoms with van der Waals surface area (Å²) in [5, 5.41) is 17.0. The molecule has 0 heterocycles. The van der Waals surface area contributed by atoms with E-state index < -0.39 is 17.8 Å². The molecule has 144 valence electrons. The largest absolute Gasteiger partial charge is 0.550 e. The topological polar surface area (TPSA) is 98.3 Å². The Morgan fingerprint density at radius 3 is 2.15 bits per heavy atom. The number of aliphatic carboxylic acids is 1. The van der Waals surface area contributed by atoms with Crippen LogP contribution in [0.25, 0.3) is 0 Å². The van der Waals surface area contributed by atoms with E-state index in [0.29, 0.717) is 24.1 Å². The SMILES string of the molecule is O=C(NC1CCCCC1)c1ccc(NC(=O)[C@@H]2CC=CC[C@@H]2C(=O)[O-])cc1. The van der Waals surface area contributed by atoms with Gasteiger partial charge in [-0.15, -0.1) is 0 Å². The number of nitrogens with one attached hydrogen (secondary N) is 2. The molecule has 1 fully saturated rings. The first-order valence-electron chi connectivity index (χ1n) is 9.62. The molecule has 3 rings (SSSR count). The molecule has 2 aliphatic carbocycles. The quantitative estimate of drug-likeness (QED) is 0.776. The summed E-state index contributed by atoms with van der Waals surface area (Å²) < 4.78 is 0. The van der Waals surface area contributed by atoms with Crippen LogP contribution in [0.2, 0.25) is 0 Å². The number of rotatable bonds is 5. The maximum absolute atomic E-state index is 12.4. The predicted molar refractivity (Wildman–Crippen MR) is 99.8 cm³/mol. The summed E-state index contributed by atoms with van der Waals surface area (Å²) in [6, 6.07) is 6.92. The molecule has 2 aliphatic rings. The summed E-state index contributed by atoms with van der Waals surface area (Å²) in [5.41, 5.74) is 1.09. The van der Waals surface area contributed by atoms with Gasteiger partial charge in [-0.3, -0.25) is 9.59 Å². The third kappa shape index (κ3) is 4.96. The van der Waals surface area contributed by atoms with E-state index in [1.165, 1.54) is 6.42 Å². The minimum absolute atomic E-state index is 0.103. The molecular weight excluding hydrogens is 344 g/mol. The van der Waals surface area contributed by atoms with E-state index in [2.05, 4.69) is 10.6 Å². The number of carboxylic acids is 1. The van der Waals surface area contributed by atoms with E-state index >= 15 is 0 Å². The lowest BCUT2D eigenvalue weighted by Crippen LogP contribution is -2.41. The summed E-state index contributed by atoms with van der Waals surface area (Å²) >= 11 is 0. The van der Waals surface area contributed by atoms with Crippen LogP contribution in [0.1, 0.15) is 55.3 Å². The molecule has 0 unspecified atom stereocenters. The van der Waals surface area contributed by atoms with Crippen LogP contribution in [0.5, 0.6) is 0 Å². The van der Waals surface area contributed by atoms with Crippen LogP contribution in [0.4, 0.5) is 5.69 Å². The molecule has 0 spiro atoms. The van der Waals surface area contributed by atoms with Crippen molar-refractivity contribution in [3.63, 3.8) is 0 Å². The van der Waals surface area contributed by atoms with Crippen LogP contribution >= 0.6 is 0 Å². The summed E-state index contributed by atoms with van der Waals surface area (Å²) in [5.74, 6) is -3.10. The van der Waals surface area contributed by atoms with Gasteiger partial charge in [0.05, 0.1) is 5.92 Å². The highest BCUT2D eigenvalue weighted by Gasteiger charge is 2.29. The van der Waals surface area contributed by atoms with Crippen molar-refractivity contribution in [2.24, 2.45) is 11.8 Å². The maximum Gasteiger partial charge on any atom is 0.251 e. The Balaban J connectivity index is 1.58. The molecule has 6 heteroatoms. The van der Waals surface area contributed by atoms with Crippen molar-refractivity contribution >= 4 is 23.5 Å². The van der Waals surface area contributed by atoms with Crippen LogP contribution in [0.3, 0.4) is 0 Å². The van der Waals surface area contributed by atoms with Crippen molar-refractivity contribution < 1.29 is 19.5 Å². The van der Waals surface area contributed by atoms with Gasteiger partial charge in [-0.25, -0.2) is 0 Å². The first-order chi connectivity index (χ1) is 13.0. The molecule has 0 saturated heterocycles. The van der Waals surface area contributed by atoms with Gasteiger partial charge < -0.3 is 20.5 Å². The number of hydrogen-bond acceptors (Lipinski definition) is 4. The fourth-order valence-corrected chi connectivity index (χ4v) is 3.82. The Bertz CT molecular complexity index is 720. The van der Waals surface area contributed by atoms with Crippen LogP contribution in [-0.2, 0) is 9.59 Å². The molecule has 0 bridgehead atoms. The molecule has 1 aromatic rings. The number of hydrogen-bond donors (Lipinski definition) is 2. The highest BCUT2D eigenvalue weighted by Crippen LogP contribution is 2.26. The molecule has 2 N–H and O–H groups in total. The summed E-state index contributed by atoms with van der Waals surface area (Å²) in [4.78, 5) is 36.0. The minimum atomic E-state index is -1.20. The van der Waals surface area contributed by atoms with E-state index in [1.54, 1.807) is 30.3 Å². The number of carboxylic acid groups (broad SMARTS) is 1. The number of allylic oxidation sites excluding steroid dienone is 2. The van der Waals surface area contributed by atoms with Gasteiger partial charge in [-0.05, 0) is 49.9 Å². The first-order valence-corrected chi connectivity index (χ1v) is 9.62. The predicted octanol–water partition coefficient (Wildman–Crippen LogP) is 2.02. The fraction of sp³-hybridized carbons (Fsp3) is 0.476. The molecule has 2 amide bonds. The highest BCUT2D eigenvalue weighted by molar-refractivity contribution is 5.97. The lowest BCUT2D eigenvalue weighted by atomic mass is 9.82. The van der Waals surface area contributed by atoms with Crippen molar-refractivity contribution in [1.82, 2.24) is 5.32 Å². The van der Waals surface area contributed by atoms with Crippen LogP contribution in [-0.4, -0.2) is 23.8 Å². The van der Waals surface area contributed by atoms with Crippen LogP contribution in [0, 0.1) is 11.8 Å². The van der Waals surface area contributed by atoms with Gasteiger partial charge in [0, 0.05) is 29.2 Å². The van der Waals surface area contributed by atoms with E-state index in [-0.39, 0.29) is 17.9 Å². The number of benzene rings is 1. The number of amides is 2. The van der Waals surface area contributed by atoms with Gasteiger partial charge in [-0.1, -0.05) is 31.4 Å². The number of anilines is 1. The highest BCUT2D eigenvalue weighted by atomic mass is 16.4. The van der Waals surface area contributed by atoms with E-state index in [9.17, 15) is 19.5 Å². The van der Waals surface area contributed by atoms with Gasteiger partial charge in [0.1, 0.15) is 0 Å². The molecule has 2 atom stereocenters. The Labute approximate surface area is 159 Å². The first kappa shape index (κ1) is 19.1. The van der Waals surface area contributed by atoms with Gasteiger partial charge in [0.25, 0.3) is 5.91 Å². The van der Waals surface area contributed by atoms with Crippen LogP contribution in [0.15, 0.2) is 36.4 Å². The van der Waals surface area contributed by atoms with Crippen molar-refractivity contribution in [3.05, 3.63) is 42.0 Å². The van der Waals surface area contributed by atoms with Crippen molar-refractivity contribution in [2.75, 3.05) is 5.32 Å². The average molecular weight is 369 g/mol. The van der Waals surface area contributed by atoms with E-state index in [1.807, 2.05) is 6.08 Å². The second-order valence-corrected chi connectivity index (χ2v) is 7.35. The summed E-state index contributed by atoms with van der Waals surface area (Å²) in [6.07, 6.45) is 9.86. The van der Waals surface area contributed by atoms with E-state index in [4.69, 9.17) is 0 Å². The second-order valence-electron chi connectivity index (χ2n) is 7.35. The van der Waals surface area contributed by atoms with Crippen molar-refractivity contribution in [3.8, 4) is 0 Å². The smallest absolute Gasteiger partial charge is 0.251 e. The number of carbonyl (C=O) groups is 3. The lowest BCUT2D eigenvalue weighted by molar-refractivity contribution is -0.313. The average Bonchev–Trinajstić information content (AvgIpc) is 2.69. The summed E-state index contributed by atoms with van der Waals surface area (Å²) in [7, 11) is 0. The monoisotopic (exact) mass is 369 g/mol. The van der Waals surface area contributed by atoms with Gasteiger partial charge in [0.15, 0.2) is 0 Å². The second kappa shape index (κ2) is 8.84. The Morgan fingerprint density at radius 1 is 0.889 bits per heavy atom. The molecule has 0 aliphatic heterocycles. The zero-order valence-electron chi connectivity index (χ0n) is 15.3. The van der Waals surface area contributed by atoms with Gasteiger partial charge in [-0.2, -0.15) is 0 Å². The third-order valence-corrected chi connectivity index (χ3v) is 5.43. The van der Waals surface area contributed by atoms with Gasteiger partial charge >= 0.3 is 0 Å². The standard InChI is InChI=1S/C21H26N2O4/c24-19(22-15-6-2-1-3-7-15)14-10-12-16(13-11-14)23-20(25)17-8-4-5-9-18(17)21(26)27/h4-5,10-13,15,17-18H,1-3,6-9H2,(H,22,24)(H,23,25)(H,26,27)/p-1/t17-,18+/m1/s1. The normalized spacial score (nSPS) is 22.8. The Morgan fingerprint density at radius 2 is 1.52 bits per heavy atom. The zero-order valence-corrected chi connectivity index (χ0v) is 15.3. The third-order valence-electron chi connectivity index (χ3n) is 5.43. The molecule has 1 saturated carbocycles. The molecular formula is C21H25N2O4-. The fourth-order valence-electron chi connectivity index (χ4n) is 3.82. The molecule has 0 radical (unpaired) electrons. The minimum Gasteiger partial charge on any atom is -0.550 e. The zero-order chi connectivity index (χ0) is 19.2. The molecule has 1 aromatic carbocycles. The Hall–Kier alpha value is -2.63. The van der Waals surface area contributed by atoms with Crippen molar-refractivity contribution in [1.29, 1.82) is 0 Å². The molecule has 0 aromatic heterocycles. The van der Waals surface area contributed by atoms with E-state index in [0.717, 1.165) is 25.7 Å². The van der Waals surface area contributed by atoms with Gasteiger partial charge in [0.2, 0.25) is 5.91 Å². The number of carbonyl (C=O) groups excluding carboxylic acids is 3. The molecule has 27 heavy (non-hydrogen) atoms. The van der Waals surface area contributed by atoms with Crippen LogP contribution < -0.4 is 15.7 Å². The lowest BCUT2D eigenvalue weighted by Gasteiger charge is -2.28. The summed E-state index contributed by atoms with van der Waals surface area (Å²) in [6.45, 7) is 0. The maximum atomic E-state index is 12.4. The Kier molecular flexibility index (Phi) is 6.27. The molecule has 6 nitrogen and oxygen atoms in total.